The summed E-state index contributed by atoms with van der Waals surface area (Å²) in [6.45, 7) is 12.0. The lowest BCUT2D eigenvalue weighted by atomic mass is 10.0. The second kappa shape index (κ2) is 29.2. The molecule has 0 amide bonds. The van der Waals surface area contributed by atoms with Crippen molar-refractivity contribution in [2.45, 2.75) is 92.9 Å². The van der Waals surface area contributed by atoms with Crippen LogP contribution in [0, 0.1) is 0 Å². The van der Waals surface area contributed by atoms with E-state index in [2.05, 4.69) is 0 Å². The van der Waals surface area contributed by atoms with Gasteiger partial charge < -0.3 is 0 Å². The van der Waals surface area contributed by atoms with Crippen LogP contribution in [0.5, 0.6) is 0 Å². The highest BCUT2D eigenvalue weighted by Crippen LogP contribution is 2.15. The molecule has 0 nitrogen and oxygen atoms in total. The van der Waals surface area contributed by atoms with E-state index in [1.165, 1.54) is 51.4 Å². The Hall–Kier alpha value is 0. The van der Waals surface area contributed by atoms with Gasteiger partial charge in [0.25, 0.3) is 0 Å². The fourth-order valence-electron chi connectivity index (χ4n) is 1.41. The summed E-state index contributed by atoms with van der Waals surface area (Å²) in [5, 5.41) is 0. The van der Waals surface area contributed by atoms with Gasteiger partial charge in [-0.1, -0.05) is 92.9 Å². The lowest BCUT2D eigenvalue weighted by molar-refractivity contribution is 0.504. The van der Waals surface area contributed by atoms with Crippen LogP contribution in [-0.2, 0) is 0 Å². The van der Waals surface area contributed by atoms with Gasteiger partial charge in [0.15, 0.2) is 0 Å². The van der Waals surface area contributed by atoms with E-state index in [1.54, 1.807) is 0 Å². The van der Waals surface area contributed by atoms with Crippen molar-refractivity contribution >= 4 is 0 Å². The van der Waals surface area contributed by atoms with Gasteiger partial charge in [-0.25, -0.2) is 0 Å². The normalized spacial score (nSPS) is 15.0. The van der Waals surface area contributed by atoms with Crippen LogP contribution < -0.4 is 0 Å². The Kier molecular flexibility index (Phi) is 40.9. The van der Waals surface area contributed by atoms with Gasteiger partial charge in [0.05, 0.1) is 0 Å². The number of hydrogen-bond acceptors (Lipinski definition) is 0. The van der Waals surface area contributed by atoms with Gasteiger partial charge in [-0.2, -0.15) is 0 Å². The van der Waals surface area contributed by atoms with Crippen LogP contribution in [-0.4, -0.2) is 0 Å². The van der Waals surface area contributed by atoms with Crippen LogP contribution in [0.3, 0.4) is 0 Å². The summed E-state index contributed by atoms with van der Waals surface area (Å²) in [5.74, 6) is 0. The summed E-state index contributed by atoms with van der Waals surface area (Å²) >= 11 is 0. The Morgan fingerprint density at radius 1 is 0.286 bits per heavy atom. The van der Waals surface area contributed by atoms with Gasteiger partial charge in [-0.3, -0.25) is 0 Å². The molecule has 1 fully saturated rings. The maximum atomic E-state index is 2.00. The molecule has 0 heteroatoms. The molecule has 0 unspecified atom stereocenters. The zero-order valence-electron chi connectivity index (χ0n) is 11.7. The first-order valence-corrected chi connectivity index (χ1v) is 7.00. The van der Waals surface area contributed by atoms with Crippen molar-refractivity contribution < 1.29 is 0 Å². The summed E-state index contributed by atoms with van der Waals surface area (Å²) in [6, 6.07) is 0. The first kappa shape index (κ1) is 19.6. The molecular weight excluding hydrogens is 168 g/mol. The third-order valence-electron chi connectivity index (χ3n) is 2.00. The van der Waals surface area contributed by atoms with E-state index in [0.717, 1.165) is 0 Å². The van der Waals surface area contributed by atoms with Gasteiger partial charge >= 0.3 is 0 Å². The standard InChI is InChI=1S/C8H16.3C2H6/c1-2-4-6-8-7-5-3-1;3*1-2/h1-8H2;3*1-2H3. The Bertz CT molecular complexity index is 24.0. The Balaban J connectivity index is -0.000000174. The zero-order valence-corrected chi connectivity index (χ0v) is 11.7. The summed E-state index contributed by atoms with van der Waals surface area (Å²) in [5.41, 5.74) is 0. The summed E-state index contributed by atoms with van der Waals surface area (Å²) < 4.78 is 0. The van der Waals surface area contributed by atoms with Crippen molar-refractivity contribution in [2.24, 2.45) is 0 Å². The van der Waals surface area contributed by atoms with Crippen molar-refractivity contribution in [3.63, 3.8) is 0 Å². The van der Waals surface area contributed by atoms with E-state index >= 15 is 0 Å². The lowest BCUT2D eigenvalue weighted by Crippen LogP contribution is -1.85. The first-order valence-electron chi connectivity index (χ1n) is 7.00. The molecule has 0 saturated heterocycles. The van der Waals surface area contributed by atoms with Gasteiger partial charge in [0.2, 0.25) is 0 Å². The third kappa shape index (κ3) is 22.7. The van der Waals surface area contributed by atoms with Crippen LogP contribution in [0.25, 0.3) is 0 Å². The van der Waals surface area contributed by atoms with Gasteiger partial charge in [-0.15, -0.1) is 0 Å². The number of rotatable bonds is 0. The maximum absolute atomic E-state index is 2.00. The van der Waals surface area contributed by atoms with Crippen LogP contribution in [0.15, 0.2) is 0 Å². The topological polar surface area (TPSA) is 0 Å². The molecule has 0 atom stereocenters. The third-order valence-corrected chi connectivity index (χ3v) is 2.00. The van der Waals surface area contributed by atoms with Crippen molar-refractivity contribution in [3.8, 4) is 0 Å². The Morgan fingerprint density at radius 2 is 0.357 bits per heavy atom. The van der Waals surface area contributed by atoms with Crippen molar-refractivity contribution in [2.75, 3.05) is 0 Å². The van der Waals surface area contributed by atoms with Gasteiger partial charge in [-0.05, 0) is 0 Å². The van der Waals surface area contributed by atoms with E-state index in [0.29, 0.717) is 0 Å². The predicted octanol–water partition coefficient (Wildman–Crippen LogP) is 6.20. The summed E-state index contributed by atoms with van der Waals surface area (Å²) in [7, 11) is 0. The highest BCUT2D eigenvalue weighted by Gasteiger charge is 1.95. The molecule has 1 saturated carbocycles. The molecule has 1 rings (SSSR count). The monoisotopic (exact) mass is 202 g/mol. The molecule has 1 aliphatic carbocycles. The molecule has 1 aliphatic rings. The minimum absolute atomic E-state index is 1.50. The molecule has 0 N–H and O–H groups in total. The van der Waals surface area contributed by atoms with E-state index in [-0.39, 0.29) is 0 Å². The second-order valence-electron chi connectivity index (χ2n) is 2.83. The molecule has 0 heterocycles. The predicted molar refractivity (Wildman–Crippen MR) is 71.0 cm³/mol. The second-order valence-corrected chi connectivity index (χ2v) is 2.83. The number of hydrogen-bond donors (Lipinski definition) is 0. The quantitative estimate of drug-likeness (QED) is 0.439. The van der Waals surface area contributed by atoms with E-state index < -0.39 is 0 Å². The van der Waals surface area contributed by atoms with E-state index in [1.807, 2.05) is 41.5 Å². The van der Waals surface area contributed by atoms with E-state index in [4.69, 9.17) is 0 Å². The van der Waals surface area contributed by atoms with Crippen LogP contribution in [0.4, 0.5) is 0 Å². The van der Waals surface area contributed by atoms with Crippen molar-refractivity contribution in [1.29, 1.82) is 0 Å². The highest BCUT2D eigenvalue weighted by atomic mass is 14.0. The van der Waals surface area contributed by atoms with Crippen molar-refractivity contribution in [1.82, 2.24) is 0 Å². The highest BCUT2D eigenvalue weighted by molar-refractivity contribution is 4.51. The van der Waals surface area contributed by atoms with Gasteiger partial charge in [0, 0.05) is 0 Å². The first-order chi connectivity index (χ1) is 7.00. The molecule has 0 radical (unpaired) electrons. The molecule has 90 valence electrons. The maximum Gasteiger partial charge on any atom is -0.0533 e. The smallest absolute Gasteiger partial charge is 0.0533 e. The molecule has 0 aromatic rings. The van der Waals surface area contributed by atoms with E-state index in [9.17, 15) is 0 Å². The SMILES string of the molecule is C1CCCCCCC1.CC.CC.CC. The van der Waals surface area contributed by atoms with Gasteiger partial charge in [0.1, 0.15) is 0 Å². The molecule has 0 bridgehead atoms. The molecule has 0 aliphatic heterocycles. The minimum atomic E-state index is 1.50. The summed E-state index contributed by atoms with van der Waals surface area (Å²) in [4.78, 5) is 0. The van der Waals surface area contributed by atoms with Crippen molar-refractivity contribution in [3.05, 3.63) is 0 Å². The summed E-state index contributed by atoms with van der Waals surface area (Å²) in [6.07, 6.45) is 12.0. The molecular formula is C14H34. The largest absolute Gasteiger partial charge is 0.0683 e. The fraction of sp³-hybridized carbons (Fsp3) is 1.00. The Labute approximate surface area is 93.5 Å². The van der Waals surface area contributed by atoms with Crippen LogP contribution >= 0.6 is 0 Å². The lowest BCUT2D eigenvalue weighted by Gasteiger charge is -2.05. The molecule has 14 heavy (non-hydrogen) atoms. The van der Waals surface area contributed by atoms with Crippen LogP contribution in [0.2, 0.25) is 0 Å². The fourth-order valence-corrected chi connectivity index (χ4v) is 1.41. The molecule has 0 aromatic carbocycles. The Morgan fingerprint density at radius 3 is 0.429 bits per heavy atom. The molecule has 0 spiro atoms. The minimum Gasteiger partial charge on any atom is -0.0683 e. The average molecular weight is 202 g/mol. The average Bonchev–Trinajstić information content (AvgIpc) is 2.26. The molecule has 0 aromatic heterocycles. The van der Waals surface area contributed by atoms with Crippen LogP contribution in [0.1, 0.15) is 92.9 Å². The zero-order chi connectivity index (χ0) is 11.7.